The third-order valence-electron chi connectivity index (χ3n) is 4.84. The molecule has 0 spiro atoms. The van der Waals surface area contributed by atoms with Crippen molar-refractivity contribution in [3.05, 3.63) is 59.7 Å². The molecule has 9 heteroatoms. The van der Waals surface area contributed by atoms with E-state index in [1.165, 1.54) is 12.1 Å². The summed E-state index contributed by atoms with van der Waals surface area (Å²) < 4.78 is 49.1. The maximum Gasteiger partial charge on any atom is 0.416 e. The lowest BCUT2D eigenvalue weighted by atomic mass is 10.1. The standard InChI is InChI=1S/C23H24F3N3O3.H2/c1-21(2,3)32-20(30)22(12-13-22)19(28)31-18(27)16-6-4-5-7-17(16)29-15-10-8-14(9-11-15)23(24,25)26;/h4-11,27-29H,12-13H2,1-3H3;1H. The van der Waals surface area contributed by atoms with Gasteiger partial charge in [0.15, 0.2) is 0 Å². The number of hydrogen-bond acceptors (Lipinski definition) is 6. The Morgan fingerprint density at radius 1 is 1.03 bits per heavy atom. The molecule has 0 amide bonds. The summed E-state index contributed by atoms with van der Waals surface area (Å²) in [6.07, 6.45) is -3.63. The second kappa shape index (κ2) is 8.29. The van der Waals surface area contributed by atoms with E-state index in [1.807, 2.05) is 0 Å². The number of nitrogens with one attached hydrogen (secondary N) is 3. The fraction of sp³-hybridized carbons (Fsp3) is 0.348. The van der Waals surface area contributed by atoms with Gasteiger partial charge in [0.05, 0.1) is 16.8 Å². The fourth-order valence-electron chi connectivity index (χ4n) is 2.97. The number of carbonyl (C=O) groups is 1. The Hall–Kier alpha value is -3.36. The first kappa shape index (κ1) is 23.3. The highest BCUT2D eigenvalue weighted by atomic mass is 19.4. The number of anilines is 2. The van der Waals surface area contributed by atoms with Gasteiger partial charge >= 0.3 is 12.1 Å². The second-order valence-electron chi connectivity index (χ2n) is 8.59. The Balaban J connectivity index is 0.00000385. The fourth-order valence-corrected chi connectivity index (χ4v) is 2.97. The molecular weight excluding hydrogens is 423 g/mol. The zero-order chi connectivity index (χ0) is 23.7. The third-order valence-corrected chi connectivity index (χ3v) is 4.84. The van der Waals surface area contributed by atoms with E-state index < -0.39 is 28.7 Å². The topological polar surface area (TPSA) is 95.3 Å². The van der Waals surface area contributed by atoms with Gasteiger partial charge in [0.2, 0.25) is 11.8 Å². The normalized spacial score (nSPS) is 14.9. The Morgan fingerprint density at radius 3 is 2.16 bits per heavy atom. The number of alkyl halides is 3. The zero-order valence-electron chi connectivity index (χ0n) is 17.9. The number of halogens is 3. The summed E-state index contributed by atoms with van der Waals surface area (Å²) in [6.45, 7) is 5.20. The first-order chi connectivity index (χ1) is 14.8. The largest absolute Gasteiger partial charge is 0.459 e. The van der Waals surface area contributed by atoms with E-state index in [2.05, 4.69) is 5.32 Å². The smallest absolute Gasteiger partial charge is 0.416 e. The van der Waals surface area contributed by atoms with Crippen molar-refractivity contribution < 1.29 is 28.9 Å². The van der Waals surface area contributed by atoms with Gasteiger partial charge in [0.1, 0.15) is 11.0 Å². The molecule has 0 bridgehead atoms. The SMILES string of the molecule is CC(C)(C)OC(=O)C1(C(=N)OC(=N)c2ccccc2Nc2ccc(C(F)(F)F)cc2)CC1.[HH]. The van der Waals surface area contributed by atoms with Crippen LogP contribution in [-0.2, 0) is 20.4 Å². The maximum absolute atomic E-state index is 12.8. The predicted molar refractivity (Wildman–Crippen MR) is 116 cm³/mol. The molecule has 0 saturated heterocycles. The van der Waals surface area contributed by atoms with Gasteiger partial charge in [-0.1, -0.05) is 12.1 Å². The average molecular weight is 449 g/mol. The van der Waals surface area contributed by atoms with E-state index in [0.29, 0.717) is 24.2 Å². The number of hydrogen-bond donors (Lipinski definition) is 3. The molecule has 3 rings (SSSR count). The van der Waals surface area contributed by atoms with Crippen LogP contribution in [0.4, 0.5) is 24.5 Å². The maximum atomic E-state index is 12.8. The zero-order valence-corrected chi connectivity index (χ0v) is 17.9. The Labute approximate surface area is 185 Å². The van der Waals surface area contributed by atoms with Gasteiger partial charge in [-0.05, 0) is 70.0 Å². The van der Waals surface area contributed by atoms with Crippen LogP contribution >= 0.6 is 0 Å². The van der Waals surface area contributed by atoms with Crippen LogP contribution in [0.5, 0.6) is 0 Å². The number of ether oxygens (including phenoxy) is 2. The lowest BCUT2D eigenvalue weighted by Crippen LogP contribution is -2.35. The molecule has 2 aromatic rings. The molecule has 0 aliphatic heterocycles. The lowest BCUT2D eigenvalue weighted by Gasteiger charge is -2.24. The number of esters is 1. The van der Waals surface area contributed by atoms with Crippen molar-refractivity contribution in [1.29, 1.82) is 10.8 Å². The van der Waals surface area contributed by atoms with E-state index in [1.54, 1.807) is 45.0 Å². The van der Waals surface area contributed by atoms with E-state index in [-0.39, 0.29) is 18.8 Å². The van der Waals surface area contributed by atoms with Crippen LogP contribution in [0, 0.1) is 16.2 Å². The molecule has 1 fully saturated rings. The minimum Gasteiger partial charge on any atom is -0.459 e. The summed E-state index contributed by atoms with van der Waals surface area (Å²) in [5, 5.41) is 19.5. The van der Waals surface area contributed by atoms with Gasteiger partial charge in [-0.25, -0.2) is 0 Å². The first-order valence-electron chi connectivity index (χ1n) is 9.94. The van der Waals surface area contributed by atoms with Gasteiger partial charge in [-0.2, -0.15) is 13.2 Å². The predicted octanol–water partition coefficient (Wildman–Crippen LogP) is 6.14. The molecule has 3 N–H and O–H groups in total. The summed E-state index contributed by atoms with van der Waals surface area (Å²) in [5.74, 6) is -1.28. The highest BCUT2D eigenvalue weighted by Gasteiger charge is 2.58. The van der Waals surface area contributed by atoms with E-state index in [0.717, 1.165) is 12.1 Å². The minimum absolute atomic E-state index is 0. The minimum atomic E-state index is -4.43. The van der Waals surface area contributed by atoms with Crippen LogP contribution in [0.1, 0.15) is 46.2 Å². The van der Waals surface area contributed by atoms with Gasteiger partial charge in [0.25, 0.3) is 0 Å². The van der Waals surface area contributed by atoms with Crippen LogP contribution in [0.2, 0.25) is 0 Å². The van der Waals surface area contributed by atoms with Crippen LogP contribution in [0.3, 0.4) is 0 Å². The van der Waals surface area contributed by atoms with Crippen molar-refractivity contribution in [2.24, 2.45) is 5.41 Å². The highest BCUT2D eigenvalue weighted by Crippen LogP contribution is 2.49. The Morgan fingerprint density at radius 2 is 1.62 bits per heavy atom. The molecule has 1 saturated carbocycles. The Bertz CT molecular complexity index is 1040. The molecule has 0 atom stereocenters. The lowest BCUT2D eigenvalue weighted by molar-refractivity contribution is -0.159. The third kappa shape index (κ3) is 5.27. The van der Waals surface area contributed by atoms with Crippen LogP contribution < -0.4 is 5.32 Å². The van der Waals surface area contributed by atoms with Crippen molar-refractivity contribution in [3.8, 4) is 0 Å². The van der Waals surface area contributed by atoms with Gasteiger partial charge < -0.3 is 14.8 Å². The number of rotatable bonds is 5. The van der Waals surface area contributed by atoms with Crippen molar-refractivity contribution >= 4 is 29.1 Å². The molecule has 1 aliphatic carbocycles. The van der Waals surface area contributed by atoms with Crippen LogP contribution in [0.15, 0.2) is 48.5 Å². The van der Waals surface area contributed by atoms with Crippen molar-refractivity contribution in [1.82, 2.24) is 0 Å². The van der Waals surface area contributed by atoms with Crippen molar-refractivity contribution in [2.75, 3.05) is 5.32 Å². The molecule has 6 nitrogen and oxygen atoms in total. The van der Waals surface area contributed by atoms with Gasteiger partial charge in [-0.15, -0.1) is 0 Å². The molecule has 1 aliphatic rings. The first-order valence-corrected chi connectivity index (χ1v) is 9.94. The molecule has 172 valence electrons. The molecule has 0 aromatic heterocycles. The molecule has 0 radical (unpaired) electrons. The van der Waals surface area contributed by atoms with E-state index in [9.17, 15) is 18.0 Å². The summed E-state index contributed by atoms with van der Waals surface area (Å²) >= 11 is 0. The van der Waals surface area contributed by atoms with Crippen molar-refractivity contribution in [2.45, 2.75) is 45.4 Å². The summed E-state index contributed by atoms with van der Waals surface area (Å²) in [6, 6.07) is 11.1. The van der Waals surface area contributed by atoms with Crippen molar-refractivity contribution in [3.63, 3.8) is 0 Å². The average Bonchev–Trinajstić information content (AvgIpc) is 3.49. The molecule has 32 heavy (non-hydrogen) atoms. The summed E-state index contributed by atoms with van der Waals surface area (Å²) in [7, 11) is 0. The number of benzene rings is 2. The molecule has 0 heterocycles. The van der Waals surface area contributed by atoms with E-state index >= 15 is 0 Å². The monoisotopic (exact) mass is 449 g/mol. The highest BCUT2D eigenvalue weighted by molar-refractivity contribution is 6.11. The van der Waals surface area contributed by atoms with Crippen LogP contribution in [0.25, 0.3) is 0 Å². The van der Waals surface area contributed by atoms with Gasteiger partial charge in [0, 0.05) is 7.11 Å². The Kier molecular flexibility index (Phi) is 6.04. The van der Waals surface area contributed by atoms with E-state index in [4.69, 9.17) is 20.3 Å². The van der Waals surface area contributed by atoms with Crippen LogP contribution in [-0.4, -0.2) is 23.4 Å². The number of carbonyl (C=O) groups excluding carboxylic acids is 1. The second-order valence-corrected chi connectivity index (χ2v) is 8.59. The quantitative estimate of drug-likeness (QED) is 0.290. The van der Waals surface area contributed by atoms with Gasteiger partial charge in [-0.3, -0.25) is 15.6 Å². The summed E-state index contributed by atoms with van der Waals surface area (Å²) in [5.41, 5.74) is -1.57. The molecule has 0 unspecified atom stereocenters. The number of para-hydroxylation sites is 1. The summed E-state index contributed by atoms with van der Waals surface area (Å²) in [4.78, 5) is 12.5. The molecular formula is C23H26F3N3O3. The molecule has 2 aromatic carbocycles.